The molecule has 1 heterocycles. The number of aromatic amines is 1. The third-order valence-electron chi connectivity index (χ3n) is 3.72. The molecular weight excluding hydrogens is 276 g/mol. The lowest BCUT2D eigenvalue weighted by Gasteiger charge is -2.13. The van der Waals surface area contributed by atoms with Crippen LogP contribution >= 0.6 is 0 Å². The van der Waals surface area contributed by atoms with Gasteiger partial charge in [-0.15, -0.1) is 0 Å². The van der Waals surface area contributed by atoms with E-state index in [9.17, 15) is 4.79 Å². The number of amides is 1. The fraction of sp³-hybridized carbons (Fsp3) is 0.167. The van der Waals surface area contributed by atoms with Crippen LogP contribution in [0.25, 0.3) is 10.9 Å². The first-order valence-electron chi connectivity index (χ1n) is 7.20. The first-order chi connectivity index (χ1) is 10.7. The minimum atomic E-state index is -0.119. The average Bonchev–Trinajstić information content (AvgIpc) is 2.98. The number of methoxy groups -OCH3 is 1. The number of nitrogens with one attached hydrogen (secondary N) is 2. The van der Waals surface area contributed by atoms with Crippen molar-refractivity contribution in [3.8, 4) is 5.75 Å². The molecule has 0 radical (unpaired) electrons. The van der Waals surface area contributed by atoms with Crippen LogP contribution in [0.1, 0.15) is 29.0 Å². The van der Waals surface area contributed by atoms with E-state index in [1.54, 1.807) is 7.11 Å². The predicted molar refractivity (Wildman–Crippen MR) is 87.2 cm³/mol. The summed E-state index contributed by atoms with van der Waals surface area (Å²) < 4.78 is 5.20. The minimum absolute atomic E-state index is 0.0466. The lowest BCUT2D eigenvalue weighted by atomic mass is 10.1. The van der Waals surface area contributed by atoms with Crippen molar-refractivity contribution in [2.24, 2.45) is 0 Å². The Balaban J connectivity index is 1.80. The highest BCUT2D eigenvalue weighted by Gasteiger charge is 2.13. The molecule has 4 heteroatoms. The summed E-state index contributed by atoms with van der Waals surface area (Å²) in [5.41, 5.74) is 2.54. The van der Waals surface area contributed by atoms with Crippen molar-refractivity contribution in [2.45, 2.75) is 13.0 Å². The molecule has 2 aromatic carbocycles. The molecule has 4 nitrogen and oxygen atoms in total. The maximum atomic E-state index is 12.4. The van der Waals surface area contributed by atoms with E-state index in [4.69, 9.17) is 4.74 Å². The fourth-order valence-electron chi connectivity index (χ4n) is 2.46. The van der Waals surface area contributed by atoms with E-state index >= 15 is 0 Å². The van der Waals surface area contributed by atoms with E-state index in [0.717, 1.165) is 22.2 Å². The number of benzene rings is 2. The zero-order valence-electron chi connectivity index (χ0n) is 12.6. The zero-order chi connectivity index (χ0) is 15.5. The molecule has 1 aromatic heterocycles. The molecule has 22 heavy (non-hydrogen) atoms. The van der Waals surface area contributed by atoms with Crippen LogP contribution in [0.15, 0.2) is 54.6 Å². The first kappa shape index (κ1) is 14.2. The first-order valence-corrected chi connectivity index (χ1v) is 7.20. The highest BCUT2D eigenvalue weighted by molar-refractivity contribution is 5.98. The Morgan fingerprint density at radius 1 is 1.14 bits per heavy atom. The Labute approximate surface area is 129 Å². The quantitative estimate of drug-likeness (QED) is 0.771. The largest absolute Gasteiger partial charge is 0.497 e. The highest BCUT2D eigenvalue weighted by atomic mass is 16.5. The summed E-state index contributed by atoms with van der Waals surface area (Å²) in [6.07, 6.45) is 0. The second-order valence-electron chi connectivity index (χ2n) is 5.24. The Kier molecular flexibility index (Phi) is 3.83. The van der Waals surface area contributed by atoms with Crippen LogP contribution in [-0.2, 0) is 0 Å². The van der Waals surface area contributed by atoms with Gasteiger partial charge in [0.15, 0.2) is 0 Å². The van der Waals surface area contributed by atoms with E-state index in [1.165, 1.54) is 0 Å². The zero-order valence-corrected chi connectivity index (χ0v) is 12.6. The summed E-state index contributed by atoms with van der Waals surface area (Å²) in [5, 5.41) is 3.96. The molecular formula is C18H18N2O2. The molecule has 1 amide bonds. The molecule has 2 N–H and O–H groups in total. The van der Waals surface area contributed by atoms with Crippen molar-refractivity contribution >= 4 is 16.8 Å². The molecule has 1 unspecified atom stereocenters. The molecule has 1 atom stereocenters. The van der Waals surface area contributed by atoms with E-state index in [2.05, 4.69) is 10.3 Å². The van der Waals surface area contributed by atoms with Gasteiger partial charge in [0.1, 0.15) is 11.4 Å². The molecule has 0 bridgehead atoms. The topological polar surface area (TPSA) is 54.1 Å². The smallest absolute Gasteiger partial charge is 0.268 e. The average molecular weight is 294 g/mol. The molecule has 0 saturated carbocycles. The van der Waals surface area contributed by atoms with Crippen LogP contribution in [-0.4, -0.2) is 18.0 Å². The fourth-order valence-corrected chi connectivity index (χ4v) is 2.46. The number of hydrogen-bond donors (Lipinski definition) is 2. The molecule has 3 rings (SSSR count). The minimum Gasteiger partial charge on any atom is -0.497 e. The Bertz CT molecular complexity index is 793. The van der Waals surface area contributed by atoms with Gasteiger partial charge < -0.3 is 15.0 Å². The summed E-state index contributed by atoms with van der Waals surface area (Å²) in [7, 11) is 1.63. The molecule has 0 aliphatic rings. The van der Waals surface area contributed by atoms with Crippen molar-refractivity contribution in [1.82, 2.24) is 10.3 Å². The van der Waals surface area contributed by atoms with Crippen LogP contribution in [0.2, 0.25) is 0 Å². The number of carbonyl (C=O) groups is 1. The van der Waals surface area contributed by atoms with Crippen LogP contribution in [0, 0.1) is 0 Å². The monoisotopic (exact) mass is 294 g/mol. The Morgan fingerprint density at radius 3 is 2.64 bits per heavy atom. The number of ether oxygens (including phenoxy) is 1. The van der Waals surface area contributed by atoms with E-state index in [-0.39, 0.29) is 11.9 Å². The molecule has 0 aliphatic heterocycles. The van der Waals surface area contributed by atoms with Crippen molar-refractivity contribution in [3.63, 3.8) is 0 Å². The van der Waals surface area contributed by atoms with Gasteiger partial charge >= 0.3 is 0 Å². The number of carbonyl (C=O) groups excluding carboxylic acids is 1. The number of aromatic nitrogens is 1. The number of fused-ring (bicyclic) bond motifs is 1. The van der Waals surface area contributed by atoms with Gasteiger partial charge in [-0.2, -0.15) is 0 Å². The lowest BCUT2D eigenvalue weighted by molar-refractivity contribution is 0.0935. The van der Waals surface area contributed by atoms with Gasteiger partial charge in [0.05, 0.1) is 13.2 Å². The molecule has 0 aliphatic carbocycles. The van der Waals surface area contributed by atoms with Gasteiger partial charge in [0, 0.05) is 10.9 Å². The molecule has 0 saturated heterocycles. The van der Waals surface area contributed by atoms with E-state index in [0.29, 0.717) is 5.69 Å². The number of hydrogen-bond acceptors (Lipinski definition) is 2. The highest BCUT2D eigenvalue weighted by Crippen LogP contribution is 2.22. The van der Waals surface area contributed by atoms with E-state index < -0.39 is 0 Å². The van der Waals surface area contributed by atoms with Gasteiger partial charge in [-0.1, -0.05) is 30.3 Å². The van der Waals surface area contributed by atoms with Gasteiger partial charge in [0.2, 0.25) is 0 Å². The van der Waals surface area contributed by atoms with Crippen LogP contribution < -0.4 is 10.1 Å². The summed E-state index contributed by atoms with van der Waals surface area (Å²) in [6, 6.07) is 17.4. The molecule has 112 valence electrons. The lowest BCUT2D eigenvalue weighted by Crippen LogP contribution is -2.26. The van der Waals surface area contributed by atoms with Crippen molar-refractivity contribution < 1.29 is 9.53 Å². The standard InChI is InChI=1S/C18H18N2O2/c1-12(13-6-4-3-5-7-13)19-18(21)17-11-14-10-15(22-2)8-9-16(14)20-17/h3-12,20H,1-2H3,(H,19,21). The summed E-state index contributed by atoms with van der Waals surface area (Å²) >= 11 is 0. The SMILES string of the molecule is COc1ccc2[nH]c(C(=O)NC(C)c3ccccc3)cc2c1. The van der Waals surface area contributed by atoms with Gasteiger partial charge in [-0.25, -0.2) is 0 Å². The summed E-state index contributed by atoms with van der Waals surface area (Å²) in [6.45, 7) is 1.97. The maximum absolute atomic E-state index is 12.4. The predicted octanol–water partition coefficient (Wildman–Crippen LogP) is 3.67. The van der Waals surface area contributed by atoms with Crippen molar-refractivity contribution in [1.29, 1.82) is 0 Å². The summed E-state index contributed by atoms with van der Waals surface area (Å²) in [5.74, 6) is 0.655. The molecule has 0 fully saturated rings. The number of H-pyrrole nitrogens is 1. The van der Waals surface area contributed by atoms with Crippen LogP contribution in [0.5, 0.6) is 5.75 Å². The third kappa shape index (κ3) is 2.81. The Morgan fingerprint density at radius 2 is 1.91 bits per heavy atom. The van der Waals surface area contributed by atoms with Gasteiger partial charge in [-0.05, 0) is 36.8 Å². The number of rotatable bonds is 4. The van der Waals surface area contributed by atoms with Crippen molar-refractivity contribution in [2.75, 3.05) is 7.11 Å². The third-order valence-corrected chi connectivity index (χ3v) is 3.72. The van der Waals surface area contributed by atoms with E-state index in [1.807, 2.05) is 61.5 Å². The summed E-state index contributed by atoms with van der Waals surface area (Å²) in [4.78, 5) is 15.5. The normalized spacial score (nSPS) is 12.1. The van der Waals surface area contributed by atoms with Crippen LogP contribution in [0.3, 0.4) is 0 Å². The maximum Gasteiger partial charge on any atom is 0.268 e. The van der Waals surface area contributed by atoms with Crippen LogP contribution in [0.4, 0.5) is 0 Å². The second-order valence-corrected chi connectivity index (χ2v) is 5.24. The molecule has 3 aromatic rings. The Hall–Kier alpha value is -2.75. The van der Waals surface area contributed by atoms with Gasteiger partial charge in [0.25, 0.3) is 5.91 Å². The molecule has 0 spiro atoms. The van der Waals surface area contributed by atoms with Gasteiger partial charge in [-0.3, -0.25) is 4.79 Å². The second kappa shape index (κ2) is 5.93. The van der Waals surface area contributed by atoms with Crippen molar-refractivity contribution in [3.05, 3.63) is 65.9 Å².